The van der Waals surface area contributed by atoms with Crippen molar-refractivity contribution in [3.05, 3.63) is 0 Å². The molecule has 1 unspecified atom stereocenters. The van der Waals surface area contributed by atoms with Crippen molar-refractivity contribution in [3.63, 3.8) is 0 Å². The highest BCUT2D eigenvalue weighted by atomic mass is 16.5. The summed E-state index contributed by atoms with van der Waals surface area (Å²) >= 11 is 0. The Morgan fingerprint density at radius 1 is 1.46 bits per heavy atom. The number of hydrogen-bond acceptors (Lipinski definition) is 2. The number of rotatable bonds is 6. The van der Waals surface area contributed by atoms with Gasteiger partial charge in [0.25, 0.3) is 0 Å². The second-order valence-corrected chi connectivity index (χ2v) is 4.79. The first-order chi connectivity index (χ1) is 6.05. The summed E-state index contributed by atoms with van der Waals surface area (Å²) in [5, 5.41) is 3.55. The Kier molecular flexibility index (Phi) is 3.74. The van der Waals surface area contributed by atoms with Crippen LogP contribution in [0.15, 0.2) is 0 Å². The molecule has 1 aliphatic carbocycles. The standard InChI is InChI=1S/C11H23NO/c1-9(10-5-6-10)12-8-7-11(2,3)13-4/h9-10,12H,5-8H2,1-4H3. The number of methoxy groups -OCH3 is 1. The number of hydrogen-bond donors (Lipinski definition) is 1. The van der Waals surface area contributed by atoms with Crippen LogP contribution >= 0.6 is 0 Å². The van der Waals surface area contributed by atoms with Gasteiger partial charge in [-0.1, -0.05) is 0 Å². The monoisotopic (exact) mass is 185 g/mol. The van der Waals surface area contributed by atoms with E-state index in [0.717, 1.165) is 18.9 Å². The summed E-state index contributed by atoms with van der Waals surface area (Å²) in [6.07, 6.45) is 3.92. The van der Waals surface area contributed by atoms with Crippen LogP contribution in [-0.2, 0) is 4.74 Å². The normalized spacial score (nSPS) is 20.3. The van der Waals surface area contributed by atoms with Crippen molar-refractivity contribution in [1.82, 2.24) is 5.32 Å². The Bertz CT molecular complexity index is 152. The molecule has 0 spiro atoms. The summed E-state index contributed by atoms with van der Waals surface area (Å²) in [6, 6.07) is 0.702. The Morgan fingerprint density at radius 3 is 2.54 bits per heavy atom. The molecular weight excluding hydrogens is 162 g/mol. The summed E-state index contributed by atoms with van der Waals surface area (Å²) in [7, 11) is 1.78. The van der Waals surface area contributed by atoms with Crippen molar-refractivity contribution >= 4 is 0 Å². The third-order valence-corrected chi connectivity index (χ3v) is 3.08. The molecule has 1 rings (SSSR count). The zero-order chi connectivity index (χ0) is 9.90. The second-order valence-electron chi connectivity index (χ2n) is 4.79. The molecule has 1 aliphatic rings. The molecule has 1 atom stereocenters. The van der Waals surface area contributed by atoms with E-state index in [4.69, 9.17) is 4.74 Å². The number of ether oxygens (including phenoxy) is 1. The molecule has 2 nitrogen and oxygen atoms in total. The van der Waals surface area contributed by atoms with E-state index in [1.165, 1.54) is 12.8 Å². The quantitative estimate of drug-likeness (QED) is 0.685. The molecule has 0 aromatic rings. The molecule has 0 saturated heterocycles. The Balaban J connectivity index is 2.05. The lowest BCUT2D eigenvalue weighted by atomic mass is 10.1. The Morgan fingerprint density at radius 2 is 2.08 bits per heavy atom. The summed E-state index contributed by atoms with van der Waals surface area (Å²) in [6.45, 7) is 7.63. The van der Waals surface area contributed by atoms with Crippen LogP contribution in [0.4, 0.5) is 0 Å². The molecule has 0 heterocycles. The first kappa shape index (κ1) is 11.0. The van der Waals surface area contributed by atoms with Crippen molar-refractivity contribution in [2.75, 3.05) is 13.7 Å². The lowest BCUT2D eigenvalue weighted by molar-refractivity contribution is 0.0153. The van der Waals surface area contributed by atoms with E-state index in [0.29, 0.717) is 6.04 Å². The van der Waals surface area contributed by atoms with E-state index in [-0.39, 0.29) is 5.60 Å². The van der Waals surface area contributed by atoms with Crippen molar-refractivity contribution in [2.45, 2.75) is 51.7 Å². The minimum Gasteiger partial charge on any atom is -0.379 e. The van der Waals surface area contributed by atoms with Gasteiger partial charge in [0.1, 0.15) is 0 Å². The van der Waals surface area contributed by atoms with Gasteiger partial charge in [-0.25, -0.2) is 0 Å². The maximum atomic E-state index is 5.36. The van der Waals surface area contributed by atoms with Gasteiger partial charge in [-0.2, -0.15) is 0 Å². The molecular formula is C11H23NO. The van der Waals surface area contributed by atoms with Crippen LogP contribution in [0.2, 0.25) is 0 Å². The van der Waals surface area contributed by atoms with Crippen LogP contribution in [0, 0.1) is 5.92 Å². The average molecular weight is 185 g/mol. The van der Waals surface area contributed by atoms with Crippen LogP contribution < -0.4 is 5.32 Å². The first-order valence-corrected chi connectivity index (χ1v) is 5.34. The maximum Gasteiger partial charge on any atom is 0.0634 e. The van der Waals surface area contributed by atoms with Gasteiger partial charge in [0.05, 0.1) is 5.60 Å². The van der Waals surface area contributed by atoms with Gasteiger partial charge >= 0.3 is 0 Å². The van der Waals surface area contributed by atoms with Gasteiger partial charge in [0.2, 0.25) is 0 Å². The molecule has 0 bridgehead atoms. The molecule has 0 amide bonds. The van der Waals surface area contributed by atoms with E-state index in [9.17, 15) is 0 Å². The largest absolute Gasteiger partial charge is 0.379 e. The fourth-order valence-electron chi connectivity index (χ4n) is 1.47. The highest BCUT2D eigenvalue weighted by Gasteiger charge is 2.27. The van der Waals surface area contributed by atoms with Crippen LogP contribution in [-0.4, -0.2) is 25.3 Å². The SMILES string of the molecule is COC(C)(C)CCNC(C)C1CC1. The van der Waals surface area contributed by atoms with Gasteiger partial charge in [-0.05, 0) is 52.5 Å². The van der Waals surface area contributed by atoms with Crippen molar-refractivity contribution in [1.29, 1.82) is 0 Å². The van der Waals surface area contributed by atoms with Gasteiger partial charge in [-0.15, -0.1) is 0 Å². The van der Waals surface area contributed by atoms with E-state index in [2.05, 4.69) is 26.1 Å². The van der Waals surface area contributed by atoms with Crippen molar-refractivity contribution in [2.24, 2.45) is 5.92 Å². The van der Waals surface area contributed by atoms with Crippen molar-refractivity contribution < 1.29 is 4.74 Å². The number of nitrogens with one attached hydrogen (secondary N) is 1. The molecule has 0 aromatic carbocycles. The summed E-state index contributed by atoms with van der Waals surface area (Å²) in [5.41, 5.74) is 0.0241. The molecule has 1 N–H and O–H groups in total. The van der Waals surface area contributed by atoms with Crippen molar-refractivity contribution in [3.8, 4) is 0 Å². The lowest BCUT2D eigenvalue weighted by Gasteiger charge is -2.24. The first-order valence-electron chi connectivity index (χ1n) is 5.34. The molecule has 2 heteroatoms. The molecule has 78 valence electrons. The summed E-state index contributed by atoms with van der Waals surface area (Å²) in [4.78, 5) is 0. The van der Waals surface area contributed by atoms with Crippen LogP contribution in [0.3, 0.4) is 0 Å². The third-order valence-electron chi connectivity index (χ3n) is 3.08. The Hall–Kier alpha value is -0.0800. The zero-order valence-corrected chi connectivity index (χ0v) is 9.39. The van der Waals surface area contributed by atoms with Gasteiger partial charge < -0.3 is 10.1 Å². The van der Waals surface area contributed by atoms with Gasteiger partial charge in [0, 0.05) is 13.2 Å². The van der Waals surface area contributed by atoms with Crippen LogP contribution in [0.5, 0.6) is 0 Å². The highest BCUT2D eigenvalue weighted by Crippen LogP contribution is 2.32. The predicted molar refractivity (Wildman–Crippen MR) is 55.9 cm³/mol. The Labute approximate surface area is 82.0 Å². The third kappa shape index (κ3) is 4.10. The van der Waals surface area contributed by atoms with E-state index >= 15 is 0 Å². The van der Waals surface area contributed by atoms with E-state index < -0.39 is 0 Å². The predicted octanol–water partition coefficient (Wildman–Crippen LogP) is 2.19. The maximum absolute atomic E-state index is 5.36. The molecule has 0 aliphatic heterocycles. The van der Waals surface area contributed by atoms with Crippen LogP contribution in [0.25, 0.3) is 0 Å². The second kappa shape index (κ2) is 4.43. The lowest BCUT2D eigenvalue weighted by Crippen LogP contribution is -2.34. The van der Waals surface area contributed by atoms with E-state index in [1.54, 1.807) is 7.11 Å². The average Bonchev–Trinajstić information content (AvgIpc) is 2.86. The molecule has 1 saturated carbocycles. The zero-order valence-electron chi connectivity index (χ0n) is 9.39. The summed E-state index contributed by atoms with van der Waals surface area (Å²) < 4.78 is 5.36. The molecule has 13 heavy (non-hydrogen) atoms. The summed E-state index contributed by atoms with van der Waals surface area (Å²) in [5.74, 6) is 0.950. The molecule has 0 aromatic heterocycles. The van der Waals surface area contributed by atoms with Gasteiger partial charge in [0.15, 0.2) is 0 Å². The molecule has 0 radical (unpaired) electrons. The molecule has 1 fully saturated rings. The fraction of sp³-hybridized carbons (Fsp3) is 1.00. The van der Waals surface area contributed by atoms with Crippen LogP contribution in [0.1, 0.15) is 40.0 Å². The fourth-order valence-corrected chi connectivity index (χ4v) is 1.47. The minimum atomic E-state index is 0.0241. The van der Waals surface area contributed by atoms with E-state index in [1.807, 2.05) is 0 Å². The highest BCUT2D eigenvalue weighted by molar-refractivity contribution is 4.83. The smallest absolute Gasteiger partial charge is 0.0634 e. The topological polar surface area (TPSA) is 21.3 Å². The van der Waals surface area contributed by atoms with Gasteiger partial charge in [-0.3, -0.25) is 0 Å². The minimum absolute atomic E-state index is 0.0241.